The highest BCUT2D eigenvalue weighted by Crippen LogP contribution is 2.35. The van der Waals surface area contributed by atoms with Gasteiger partial charge >= 0.3 is 0 Å². The van der Waals surface area contributed by atoms with Gasteiger partial charge in [0.25, 0.3) is 0 Å². The minimum Gasteiger partial charge on any atom is -0.271 e. The molecular weight excluding hydrogens is 253 g/mol. The molecule has 0 saturated carbocycles. The molecule has 0 aromatic heterocycles. The fraction of sp³-hybridized carbons (Fsp3) is 0.571. The first-order chi connectivity index (χ1) is 8.81. The molecule has 0 spiro atoms. The highest BCUT2D eigenvalue weighted by molar-refractivity contribution is 5.24. The fourth-order valence-electron chi connectivity index (χ4n) is 2.73. The van der Waals surface area contributed by atoms with Crippen molar-refractivity contribution in [1.82, 2.24) is 5.43 Å². The summed E-state index contributed by atoms with van der Waals surface area (Å²) in [5, 5.41) is 0. The molecule has 0 aliphatic carbocycles. The Labute approximate surface area is 112 Å². The summed E-state index contributed by atoms with van der Waals surface area (Å²) in [5.74, 6) is 2.12. The lowest BCUT2D eigenvalue weighted by Crippen LogP contribution is -2.38. The SMILES string of the molecule is CC(C)C(C(C)C)C(NN)c1ccc(F)c(F)c1F. The number of hydrazine groups is 1. The molecule has 19 heavy (non-hydrogen) atoms. The Morgan fingerprint density at radius 2 is 1.47 bits per heavy atom. The molecule has 1 rings (SSSR count). The predicted molar refractivity (Wildman–Crippen MR) is 69.5 cm³/mol. The number of hydrogen-bond donors (Lipinski definition) is 2. The number of benzene rings is 1. The molecule has 0 aliphatic rings. The van der Waals surface area contributed by atoms with Crippen molar-refractivity contribution in [2.45, 2.75) is 33.7 Å². The minimum atomic E-state index is -1.45. The summed E-state index contributed by atoms with van der Waals surface area (Å²) in [6.45, 7) is 7.97. The number of nitrogens with two attached hydrogens (primary N) is 1. The lowest BCUT2D eigenvalue weighted by atomic mass is 9.77. The van der Waals surface area contributed by atoms with Gasteiger partial charge in [0, 0.05) is 5.56 Å². The topological polar surface area (TPSA) is 38.0 Å². The van der Waals surface area contributed by atoms with E-state index in [1.54, 1.807) is 0 Å². The molecule has 1 aromatic rings. The molecule has 3 N–H and O–H groups in total. The van der Waals surface area contributed by atoms with Crippen molar-refractivity contribution < 1.29 is 13.2 Å². The van der Waals surface area contributed by atoms with Crippen molar-refractivity contribution in [2.24, 2.45) is 23.6 Å². The van der Waals surface area contributed by atoms with E-state index in [0.717, 1.165) is 6.07 Å². The van der Waals surface area contributed by atoms with Crippen molar-refractivity contribution in [2.75, 3.05) is 0 Å². The maximum absolute atomic E-state index is 13.9. The van der Waals surface area contributed by atoms with E-state index in [1.807, 2.05) is 27.7 Å². The highest BCUT2D eigenvalue weighted by atomic mass is 19.2. The monoisotopic (exact) mass is 274 g/mol. The quantitative estimate of drug-likeness (QED) is 0.489. The normalized spacial score (nSPS) is 13.6. The van der Waals surface area contributed by atoms with Crippen molar-refractivity contribution in [3.8, 4) is 0 Å². The Morgan fingerprint density at radius 1 is 0.947 bits per heavy atom. The van der Waals surface area contributed by atoms with E-state index >= 15 is 0 Å². The third kappa shape index (κ3) is 3.28. The highest BCUT2D eigenvalue weighted by Gasteiger charge is 2.31. The Morgan fingerprint density at radius 3 is 1.89 bits per heavy atom. The summed E-state index contributed by atoms with van der Waals surface area (Å²) < 4.78 is 40.2. The molecule has 0 heterocycles. The van der Waals surface area contributed by atoms with E-state index in [9.17, 15) is 13.2 Å². The van der Waals surface area contributed by atoms with Gasteiger partial charge in [0.15, 0.2) is 17.5 Å². The molecule has 0 amide bonds. The predicted octanol–water partition coefficient (Wildman–Crippen LogP) is 3.54. The molecule has 1 aromatic carbocycles. The van der Waals surface area contributed by atoms with Gasteiger partial charge in [-0.2, -0.15) is 0 Å². The molecule has 5 heteroatoms. The summed E-state index contributed by atoms with van der Waals surface area (Å²) in [6.07, 6.45) is 0. The Balaban J connectivity index is 3.27. The zero-order valence-corrected chi connectivity index (χ0v) is 11.7. The molecule has 0 radical (unpaired) electrons. The average Bonchev–Trinajstić information content (AvgIpc) is 2.33. The van der Waals surface area contributed by atoms with E-state index in [0.29, 0.717) is 0 Å². The first-order valence-electron chi connectivity index (χ1n) is 6.40. The number of nitrogens with one attached hydrogen (secondary N) is 1. The van der Waals surface area contributed by atoms with E-state index < -0.39 is 23.5 Å². The second-order valence-corrected chi connectivity index (χ2v) is 5.47. The first-order valence-corrected chi connectivity index (χ1v) is 6.40. The third-order valence-electron chi connectivity index (χ3n) is 3.50. The van der Waals surface area contributed by atoms with Crippen LogP contribution in [0.3, 0.4) is 0 Å². The van der Waals surface area contributed by atoms with Crippen LogP contribution in [0.1, 0.15) is 39.3 Å². The van der Waals surface area contributed by atoms with Crippen molar-refractivity contribution in [1.29, 1.82) is 0 Å². The summed E-state index contributed by atoms with van der Waals surface area (Å²) in [6, 6.07) is 1.61. The van der Waals surface area contributed by atoms with Gasteiger partial charge in [-0.25, -0.2) is 13.2 Å². The molecule has 0 aliphatic heterocycles. The minimum absolute atomic E-state index is 0.00404. The van der Waals surface area contributed by atoms with Crippen LogP contribution >= 0.6 is 0 Å². The van der Waals surface area contributed by atoms with Crippen LogP contribution in [0.25, 0.3) is 0 Å². The van der Waals surface area contributed by atoms with Crippen LogP contribution < -0.4 is 11.3 Å². The van der Waals surface area contributed by atoms with Crippen molar-refractivity contribution >= 4 is 0 Å². The van der Waals surface area contributed by atoms with Crippen LogP contribution in [-0.2, 0) is 0 Å². The number of halogens is 3. The number of hydrogen-bond acceptors (Lipinski definition) is 2. The molecule has 0 bridgehead atoms. The third-order valence-corrected chi connectivity index (χ3v) is 3.50. The lowest BCUT2D eigenvalue weighted by molar-refractivity contribution is 0.206. The van der Waals surface area contributed by atoms with Gasteiger partial charge in [0.1, 0.15) is 0 Å². The fourth-order valence-corrected chi connectivity index (χ4v) is 2.73. The van der Waals surface area contributed by atoms with Gasteiger partial charge in [-0.15, -0.1) is 0 Å². The Hall–Kier alpha value is -1.07. The van der Waals surface area contributed by atoms with E-state index in [-0.39, 0.29) is 23.3 Å². The van der Waals surface area contributed by atoms with Gasteiger partial charge in [0.05, 0.1) is 6.04 Å². The molecule has 0 saturated heterocycles. The van der Waals surface area contributed by atoms with Gasteiger partial charge < -0.3 is 0 Å². The Kier molecular flexibility index (Phi) is 5.38. The van der Waals surface area contributed by atoms with Gasteiger partial charge in [0.2, 0.25) is 0 Å². The van der Waals surface area contributed by atoms with Crippen molar-refractivity contribution in [3.05, 3.63) is 35.1 Å². The largest absolute Gasteiger partial charge is 0.271 e. The van der Waals surface area contributed by atoms with E-state index in [2.05, 4.69) is 5.43 Å². The van der Waals surface area contributed by atoms with Crippen LogP contribution in [0.2, 0.25) is 0 Å². The summed E-state index contributed by atoms with van der Waals surface area (Å²) >= 11 is 0. The maximum Gasteiger partial charge on any atom is 0.194 e. The van der Waals surface area contributed by atoms with Gasteiger partial charge in [-0.3, -0.25) is 11.3 Å². The number of rotatable bonds is 5. The molecule has 2 nitrogen and oxygen atoms in total. The van der Waals surface area contributed by atoms with E-state index in [1.165, 1.54) is 6.07 Å². The maximum atomic E-state index is 13.9. The van der Waals surface area contributed by atoms with Gasteiger partial charge in [-0.1, -0.05) is 33.8 Å². The standard InChI is InChI=1S/C14H21F3N2/c1-7(2)11(8(3)4)14(19-18)9-5-6-10(15)13(17)12(9)16/h5-8,11,14,19H,18H2,1-4H3. The molecule has 108 valence electrons. The van der Waals surface area contributed by atoms with Crippen LogP contribution in [-0.4, -0.2) is 0 Å². The van der Waals surface area contributed by atoms with E-state index in [4.69, 9.17) is 5.84 Å². The zero-order valence-electron chi connectivity index (χ0n) is 11.7. The Bertz CT molecular complexity index is 425. The zero-order chi connectivity index (χ0) is 14.7. The van der Waals surface area contributed by atoms with Crippen LogP contribution in [0, 0.1) is 35.2 Å². The smallest absolute Gasteiger partial charge is 0.194 e. The summed E-state index contributed by atoms with van der Waals surface area (Å²) in [7, 11) is 0. The van der Waals surface area contributed by atoms with Crippen LogP contribution in [0.15, 0.2) is 12.1 Å². The lowest BCUT2D eigenvalue weighted by Gasteiger charge is -2.33. The second-order valence-electron chi connectivity index (χ2n) is 5.47. The second kappa shape index (κ2) is 6.39. The molecule has 0 fully saturated rings. The summed E-state index contributed by atoms with van der Waals surface area (Å²) in [5.41, 5.74) is 2.60. The average molecular weight is 274 g/mol. The summed E-state index contributed by atoms with van der Waals surface area (Å²) in [4.78, 5) is 0. The van der Waals surface area contributed by atoms with Crippen LogP contribution in [0.4, 0.5) is 13.2 Å². The van der Waals surface area contributed by atoms with Crippen LogP contribution in [0.5, 0.6) is 0 Å². The molecule has 1 atom stereocenters. The molecule has 1 unspecified atom stereocenters. The van der Waals surface area contributed by atoms with Crippen molar-refractivity contribution in [3.63, 3.8) is 0 Å². The van der Waals surface area contributed by atoms with Gasteiger partial charge in [-0.05, 0) is 23.8 Å². The first kappa shape index (κ1) is 16.0. The molecular formula is C14H21F3N2.